The summed E-state index contributed by atoms with van der Waals surface area (Å²) in [4.78, 5) is 9.26. The fourth-order valence-corrected chi connectivity index (χ4v) is 5.42. The molecule has 4 aromatic rings. The standard InChI is InChI=1S/C36H38N4.Pt/c1-35(2,3)27-13-11-15-29(23-27)39-25-37(31-17-7-9-19-33(31)39)21-22-38-26-40(34-20-10-8-18-32(34)38)30-16-12-14-28(24-30)36(4,5)6;/h7-14,17-20,23-26H,21-22H2,1-6H3;/q-4;+4. The molecular weight excluding hydrogens is 684 g/mol. The minimum Gasteiger partial charge on any atom is -0.500 e. The van der Waals surface area contributed by atoms with Crippen molar-refractivity contribution in [3.05, 3.63) is 122 Å². The average Bonchev–Trinajstić information content (AvgIpc) is 3.50. The number of hydrogen-bond acceptors (Lipinski definition) is 4. The van der Waals surface area contributed by atoms with Gasteiger partial charge in [0, 0.05) is 35.8 Å². The van der Waals surface area contributed by atoms with Gasteiger partial charge in [0.15, 0.2) is 0 Å². The zero-order valence-corrected chi connectivity index (χ0v) is 27.0. The predicted octanol–water partition coefficient (Wildman–Crippen LogP) is 8.73. The van der Waals surface area contributed by atoms with Gasteiger partial charge < -0.3 is 19.6 Å². The summed E-state index contributed by atoms with van der Waals surface area (Å²) in [6.45, 7) is 19.7. The molecule has 0 spiro atoms. The molecule has 0 saturated heterocycles. The Morgan fingerprint density at radius 1 is 0.561 bits per heavy atom. The van der Waals surface area contributed by atoms with Crippen molar-refractivity contribution >= 4 is 34.1 Å². The molecule has 0 amide bonds. The van der Waals surface area contributed by atoms with Crippen LogP contribution in [0, 0.1) is 25.5 Å². The third-order valence-electron chi connectivity index (χ3n) is 7.82. The van der Waals surface area contributed by atoms with E-state index in [0.717, 1.165) is 24.5 Å². The molecule has 41 heavy (non-hydrogen) atoms. The van der Waals surface area contributed by atoms with Gasteiger partial charge in [0.25, 0.3) is 0 Å². The summed E-state index contributed by atoms with van der Waals surface area (Å²) in [5, 5.41) is 0. The Morgan fingerprint density at radius 3 is 1.29 bits per heavy atom. The first kappa shape index (κ1) is 29.3. The predicted molar refractivity (Wildman–Crippen MR) is 168 cm³/mol. The second-order valence-corrected chi connectivity index (χ2v) is 12.8. The van der Waals surface area contributed by atoms with Gasteiger partial charge in [-0.15, -0.1) is 23.5 Å². The van der Waals surface area contributed by atoms with Gasteiger partial charge >= 0.3 is 21.1 Å². The Kier molecular flexibility index (Phi) is 8.00. The number of para-hydroxylation sites is 4. The third-order valence-corrected chi connectivity index (χ3v) is 7.82. The maximum atomic E-state index is 3.47. The summed E-state index contributed by atoms with van der Waals surface area (Å²) in [7, 11) is 0. The molecule has 6 rings (SSSR count). The molecule has 2 heterocycles. The Balaban J connectivity index is 0.00000337. The molecule has 2 aliphatic heterocycles. The topological polar surface area (TPSA) is 13.0 Å². The van der Waals surface area contributed by atoms with E-state index in [9.17, 15) is 0 Å². The summed E-state index contributed by atoms with van der Waals surface area (Å²) in [5.74, 6) is 0. The minimum atomic E-state index is 0. The first-order valence-corrected chi connectivity index (χ1v) is 14.1. The third kappa shape index (κ3) is 5.77. The van der Waals surface area contributed by atoms with Gasteiger partial charge in [0.05, 0.1) is 0 Å². The summed E-state index contributed by atoms with van der Waals surface area (Å²) >= 11 is 0. The van der Waals surface area contributed by atoms with E-state index in [1.165, 1.54) is 33.9 Å². The number of nitrogens with zero attached hydrogens (tertiary/aromatic N) is 4. The molecule has 0 N–H and O–H groups in total. The summed E-state index contributed by atoms with van der Waals surface area (Å²) in [6, 6.07) is 37.2. The van der Waals surface area contributed by atoms with Crippen LogP contribution in [0.1, 0.15) is 52.7 Å². The van der Waals surface area contributed by atoms with Crippen LogP contribution in [0.15, 0.2) is 84.9 Å². The van der Waals surface area contributed by atoms with Crippen molar-refractivity contribution in [2.75, 3.05) is 32.7 Å². The fraction of sp³-hybridized carbons (Fsp3) is 0.278. The quantitative estimate of drug-likeness (QED) is 0.191. The van der Waals surface area contributed by atoms with Crippen LogP contribution in [-0.2, 0) is 31.9 Å². The summed E-state index contributed by atoms with van der Waals surface area (Å²) < 4.78 is 0. The molecule has 0 aliphatic carbocycles. The Hall–Kier alpha value is -3.23. The van der Waals surface area contributed by atoms with Crippen molar-refractivity contribution in [3.8, 4) is 0 Å². The first-order chi connectivity index (χ1) is 19.1. The van der Waals surface area contributed by atoms with E-state index in [1.807, 2.05) is 12.1 Å². The molecule has 0 saturated carbocycles. The van der Waals surface area contributed by atoms with Crippen molar-refractivity contribution in [2.45, 2.75) is 52.4 Å². The van der Waals surface area contributed by atoms with E-state index >= 15 is 0 Å². The zero-order valence-electron chi connectivity index (χ0n) is 24.8. The molecule has 4 aromatic carbocycles. The van der Waals surface area contributed by atoms with Gasteiger partial charge in [-0.1, -0.05) is 65.8 Å². The van der Waals surface area contributed by atoms with Crippen LogP contribution in [-0.4, -0.2) is 13.1 Å². The monoisotopic (exact) mass is 721 g/mol. The normalized spacial score (nSPS) is 14.7. The van der Waals surface area contributed by atoms with Crippen molar-refractivity contribution in [2.24, 2.45) is 0 Å². The van der Waals surface area contributed by atoms with Crippen LogP contribution in [0.4, 0.5) is 34.1 Å². The van der Waals surface area contributed by atoms with E-state index in [0.29, 0.717) is 0 Å². The van der Waals surface area contributed by atoms with Gasteiger partial charge in [0.2, 0.25) is 0 Å². The average molecular weight is 722 g/mol. The number of anilines is 6. The number of hydrogen-bond donors (Lipinski definition) is 0. The maximum Gasteiger partial charge on any atom is 4.00 e. The van der Waals surface area contributed by atoms with Crippen LogP contribution in [0.5, 0.6) is 0 Å². The molecule has 0 fully saturated rings. The first-order valence-electron chi connectivity index (χ1n) is 14.1. The maximum absolute atomic E-state index is 3.47. The second kappa shape index (κ2) is 11.2. The van der Waals surface area contributed by atoms with Crippen LogP contribution in [0.3, 0.4) is 0 Å². The van der Waals surface area contributed by atoms with Crippen molar-refractivity contribution in [1.29, 1.82) is 0 Å². The number of benzene rings is 4. The van der Waals surface area contributed by atoms with Gasteiger partial charge in [-0.25, -0.2) is 0 Å². The fourth-order valence-electron chi connectivity index (χ4n) is 5.42. The van der Waals surface area contributed by atoms with Crippen molar-refractivity contribution < 1.29 is 21.1 Å². The summed E-state index contributed by atoms with van der Waals surface area (Å²) in [6.07, 6.45) is 0. The molecule has 4 nitrogen and oxygen atoms in total. The molecule has 0 unspecified atom stereocenters. The molecule has 0 aromatic heterocycles. The number of rotatable bonds is 5. The van der Waals surface area contributed by atoms with Gasteiger partial charge in [-0.3, -0.25) is 0 Å². The zero-order chi connectivity index (χ0) is 28.1. The Morgan fingerprint density at radius 2 is 0.927 bits per heavy atom. The minimum absolute atomic E-state index is 0. The van der Waals surface area contributed by atoms with Crippen LogP contribution >= 0.6 is 0 Å². The molecule has 212 valence electrons. The van der Waals surface area contributed by atoms with E-state index in [1.54, 1.807) is 0 Å². The molecule has 0 bridgehead atoms. The largest absolute Gasteiger partial charge is 4.00 e. The number of fused-ring (bicyclic) bond motifs is 2. The van der Waals surface area contributed by atoms with Gasteiger partial charge in [0.1, 0.15) is 0 Å². The Labute approximate surface area is 260 Å². The van der Waals surface area contributed by atoms with E-state index in [2.05, 4.69) is 159 Å². The van der Waals surface area contributed by atoms with E-state index < -0.39 is 0 Å². The molecule has 0 radical (unpaired) electrons. The molecular formula is C36H38N4Pt. The van der Waals surface area contributed by atoms with Crippen LogP contribution < -0.4 is 19.6 Å². The smallest absolute Gasteiger partial charge is 0.500 e. The molecule has 2 aliphatic rings. The SMILES string of the molecule is CC(C)(C)c1cc[c-]c(N2[CH-]N(CCN3[CH-]N(c4[c-]ccc(C(C)(C)C)c4)c4ccccc43)c3ccccc32)c1.[Pt+4]. The van der Waals surface area contributed by atoms with Crippen LogP contribution in [0.25, 0.3) is 0 Å². The van der Waals surface area contributed by atoms with Gasteiger partial charge in [-0.05, 0) is 35.1 Å². The van der Waals surface area contributed by atoms with Gasteiger partial charge in [-0.2, -0.15) is 60.9 Å². The van der Waals surface area contributed by atoms with E-state index in [4.69, 9.17) is 0 Å². The Bertz CT molecular complexity index is 1400. The van der Waals surface area contributed by atoms with Crippen LogP contribution in [0.2, 0.25) is 0 Å². The molecule has 5 heteroatoms. The second-order valence-electron chi connectivity index (χ2n) is 12.8. The van der Waals surface area contributed by atoms with Crippen molar-refractivity contribution in [3.63, 3.8) is 0 Å². The summed E-state index contributed by atoms with van der Waals surface area (Å²) in [5.41, 5.74) is 9.72. The van der Waals surface area contributed by atoms with Crippen molar-refractivity contribution in [1.82, 2.24) is 0 Å². The van der Waals surface area contributed by atoms with E-state index in [-0.39, 0.29) is 31.9 Å². The molecule has 0 atom stereocenters.